The van der Waals surface area contributed by atoms with E-state index in [0.29, 0.717) is 0 Å². The number of rotatable bonds is 2. The predicted octanol–water partition coefficient (Wildman–Crippen LogP) is 1.81. The third-order valence-electron chi connectivity index (χ3n) is 2.37. The fourth-order valence-corrected chi connectivity index (χ4v) is 1.49. The quantitative estimate of drug-likeness (QED) is 0.793. The molecule has 76 valence electrons. The van der Waals surface area contributed by atoms with Gasteiger partial charge in [-0.15, -0.1) is 0 Å². The second-order valence-electron chi connectivity index (χ2n) is 3.38. The van der Waals surface area contributed by atoms with Crippen LogP contribution in [0.15, 0.2) is 12.3 Å². The van der Waals surface area contributed by atoms with Crippen molar-refractivity contribution in [2.45, 2.75) is 25.0 Å². The van der Waals surface area contributed by atoms with Crippen molar-refractivity contribution in [1.29, 1.82) is 0 Å². The third kappa shape index (κ3) is 1.81. The van der Waals surface area contributed by atoms with E-state index in [1.165, 1.54) is 12.3 Å². The fraction of sp³-hybridized carbons (Fsp3) is 0.444. The maximum absolute atomic E-state index is 13.2. The maximum Gasteiger partial charge on any atom is 0.166 e. The number of anilines is 1. The first-order chi connectivity index (χ1) is 6.66. The Bertz CT molecular complexity index is 348. The second-order valence-corrected chi connectivity index (χ2v) is 3.82. The van der Waals surface area contributed by atoms with Crippen LogP contribution >= 0.6 is 11.6 Å². The molecule has 0 amide bonds. The number of nitrogens with zero attached hydrogens (tertiary/aromatic N) is 1. The molecule has 14 heavy (non-hydrogen) atoms. The van der Waals surface area contributed by atoms with Gasteiger partial charge in [-0.05, 0) is 18.9 Å². The summed E-state index contributed by atoms with van der Waals surface area (Å²) in [5.41, 5.74) is 0. The molecule has 1 aliphatic carbocycles. The standard InChI is InChI=1S/C9H10ClFN2O/c10-5-3-6(11)9(12-4-5)13-7-1-2-8(7)14/h3-4,7-8,14H,1-2H2,(H,12,13)/t7-,8-/m0/s1. The zero-order valence-electron chi connectivity index (χ0n) is 7.37. The van der Waals surface area contributed by atoms with Crippen molar-refractivity contribution in [2.75, 3.05) is 5.32 Å². The molecule has 0 radical (unpaired) electrons. The highest BCUT2D eigenvalue weighted by molar-refractivity contribution is 6.30. The van der Waals surface area contributed by atoms with E-state index < -0.39 is 11.9 Å². The summed E-state index contributed by atoms with van der Waals surface area (Å²) in [6, 6.07) is 1.11. The lowest BCUT2D eigenvalue weighted by Gasteiger charge is -2.33. The topological polar surface area (TPSA) is 45.1 Å². The Morgan fingerprint density at radius 1 is 1.57 bits per heavy atom. The first kappa shape index (κ1) is 9.68. The first-order valence-electron chi connectivity index (χ1n) is 4.42. The molecule has 1 aliphatic rings. The Kier molecular flexibility index (Phi) is 2.56. The van der Waals surface area contributed by atoms with Crippen molar-refractivity contribution in [3.05, 3.63) is 23.1 Å². The van der Waals surface area contributed by atoms with Crippen LogP contribution in [-0.4, -0.2) is 22.2 Å². The van der Waals surface area contributed by atoms with Crippen molar-refractivity contribution in [2.24, 2.45) is 0 Å². The number of hydrogen-bond donors (Lipinski definition) is 2. The van der Waals surface area contributed by atoms with Gasteiger partial charge in [0.25, 0.3) is 0 Å². The maximum atomic E-state index is 13.2. The highest BCUT2D eigenvalue weighted by Gasteiger charge is 2.29. The van der Waals surface area contributed by atoms with E-state index >= 15 is 0 Å². The first-order valence-corrected chi connectivity index (χ1v) is 4.80. The minimum absolute atomic E-state index is 0.0850. The number of aromatic nitrogens is 1. The molecule has 5 heteroatoms. The SMILES string of the molecule is O[C@H]1CC[C@@H]1Nc1ncc(Cl)cc1F. The average molecular weight is 217 g/mol. The van der Waals surface area contributed by atoms with Gasteiger partial charge in [0, 0.05) is 6.20 Å². The van der Waals surface area contributed by atoms with Crippen LogP contribution in [-0.2, 0) is 0 Å². The Morgan fingerprint density at radius 2 is 2.36 bits per heavy atom. The van der Waals surface area contributed by atoms with Crippen LogP contribution in [0.5, 0.6) is 0 Å². The fourth-order valence-electron chi connectivity index (χ4n) is 1.35. The van der Waals surface area contributed by atoms with E-state index in [9.17, 15) is 9.50 Å². The van der Waals surface area contributed by atoms with Gasteiger partial charge in [0.15, 0.2) is 11.6 Å². The number of aliphatic hydroxyl groups excluding tert-OH is 1. The molecule has 2 N–H and O–H groups in total. The molecule has 1 aromatic rings. The van der Waals surface area contributed by atoms with Crippen molar-refractivity contribution < 1.29 is 9.50 Å². The van der Waals surface area contributed by atoms with E-state index in [1.807, 2.05) is 0 Å². The molecule has 0 aromatic carbocycles. The molecule has 1 fully saturated rings. The normalized spacial score (nSPS) is 25.6. The summed E-state index contributed by atoms with van der Waals surface area (Å²) in [4.78, 5) is 3.80. The van der Waals surface area contributed by atoms with Gasteiger partial charge < -0.3 is 10.4 Å². The third-order valence-corrected chi connectivity index (χ3v) is 2.57. The molecule has 0 bridgehead atoms. The van der Waals surface area contributed by atoms with E-state index in [-0.39, 0.29) is 16.9 Å². The Morgan fingerprint density at radius 3 is 2.86 bits per heavy atom. The van der Waals surface area contributed by atoms with E-state index in [2.05, 4.69) is 10.3 Å². The molecule has 0 unspecified atom stereocenters. The molecule has 3 nitrogen and oxygen atoms in total. The van der Waals surface area contributed by atoms with Crippen molar-refractivity contribution in [1.82, 2.24) is 4.98 Å². The zero-order valence-corrected chi connectivity index (χ0v) is 8.13. The molecule has 1 heterocycles. The summed E-state index contributed by atoms with van der Waals surface area (Å²) in [5, 5.41) is 12.4. The summed E-state index contributed by atoms with van der Waals surface area (Å²) in [5.74, 6) is -0.338. The number of nitrogens with one attached hydrogen (secondary N) is 1. The summed E-state index contributed by atoms with van der Waals surface area (Å²) >= 11 is 5.55. The molecule has 2 atom stereocenters. The molecule has 0 aliphatic heterocycles. The Hall–Kier alpha value is -0.870. The van der Waals surface area contributed by atoms with Gasteiger partial charge in [0.1, 0.15) is 0 Å². The van der Waals surface area contributed by atoms with Gasteiger partial charge >= 0.3 is 0 Å². The Balaban J connectivity index is 2.09. The zero-order chi connectivity index (χ0) is 10.1. The molecule has 2 rings (SSSR count). The van der Waals surface area contributed by atoms with Crippen LogP contribution < -0.4 is 5.32 Å². The smallest absolute Gasteiger partial charge is 0.166 e. The van der Waals surface area contributed by atoms with Crippen LogP contribution in [0.1, 0.15) is 12.8 Å². The van der Waals surface area contributed by atoms with E-state index in [0.717, 1.165) is 12.8 Å². The molecule has 0 spiro atoms. The van der Waals surface area contributed by atoms with Crippen LogP contribution in [0, 0.1) is 5.82 Å². The van der Waals surface area contributed by atoms with Gasteiger partial charge in [-0.25, -0.2) is 9.37 Å². The summed E-state index contributed by atoms with van der Waals surface area (Å²) < 4.78 is 13.2. The van der Waals surface area contributed by atoms with Crippen LogP contribution in [0.25, 0.3) is 0 Å². The monoisotopic (exact) mass is 216 g/mol. The van der Waals surface area contributed by atoms with E-state index in [4.69, 9.17) is 11.6 Å². The average Bonchev–Trinajstić information content (AvgIpc) is 2.14. The molecular formula is C9H10ClFN2O. The number of aliphatic hydroxyl groups is 1. The Labute approximate surface area is 85.9 Å². The van der Waals surface area contributed by atoms with Crippen LogP contribution in [0.3, 0.4) is 0 Å². The molecule has 1 aromatic heterocycles. The van der Waals surface area contributed by atoms with Crippen LogP contribution in [0.4, 0.5) is 10.2 Å². The highest BCUT2D eigenvalue weighted by Crippen LogP contribution is 2.25. The van der Waals surface area contributed by atoms with Crippen molar-refractivity contribution in [3.63, 3.8) is 0 Å². The lowest BCUT2D eigenvalue weighted by molar-refractivity contribution is 0.0783. The summed E-state index contributed by atoms with van der Waals surface area (Å²) in [6.07, 6.45) is 2.57. The molecule has 1 saturated carbocycles. The minimum Gasteiger partial charge on any atom is -0.391 e. The van der Waals surface area contributed by atoms with Crippen molar-refractivity contribution in [3.8, 4) is 0 Å². The van der Waals surface area contributed by atoms with Crippen molar-refractivity contribution >= 4 is 17.4 Å². The number of pyridine rings is 1. The number of halogens is 2. The lowest BCUT2D eigenvalue weighted by atomic mass is 9.89. The second kappa shape index (κ2) is 3.71. The van der Waals surface area contributed by atoms with Gasteiger partial charge in [-0.1, -0.05) is 11.6 Å². The predicted molar refractivity (Wildman–Crippen MR) is 51.9 cm³/mol. The molecule has 0 saturated heterocycles. The molecular weight excluding hydrogens is 207 g/mol. The summed E-state index contributed by atoms with van der Waals surface area (Å²) in [6.45, 7) is 0. The van der Waals surface area contributed by atoms with Gasteiger partial charge in [0.05, 0.1) is 17.2 Å². The number of hydrogen-bond acceptors (Lipinski definition) is 3. The van der Waals surface area contributed by atoms with E-state index in [1.54, 1.807) is 0 Å². The van der Waals surface area contributed by atoms with Crippen LogP contribution in [0.2, 0.25) is 5.02 Å². The highest BCUT2D eigenvalue weighted by atomic mass is 35.5. The van der Waals surface area contributed by atoms with Gasteiger partial charge in [-0.2, -0.15) is 0 Å². The summed E-state index contributed by atoms with van der Waals surface area (Å²) in [7, 11) is 0. The minimum atomic E-state index is -0.489. The lowest BCUT2D eigenvalue weighted by Crippen LogP contribution is -2.43. The van der Waals surface area contributed by atoms with Gasteiger partial charge in [0.2, 0.25) is 0 Å². The van der Waals surface area contributed by atoms with Gasteiger partial charge in [-0.3, -0.25) is 0 Å². The largest absolute Gasteiger partial charge is 0.391 e.